The first kappa shape index (κ1) is 18.2. The number of aromatic nitrogens is 1. The lowest BCUT2D eigenvalue weighted by Crippen LogP contribution is -1.86. The Balaban J connectivity index is 1.51. The number of nitrogens with zero attached hydrogens (tertiary/aromatic N) is 1. The van der Waals surface area contributed by atoms with Gasteiger partial charge in [0.2, 0.25) is 0 Å². The molecule has 0 radical (unpaired) electrons. The summed E-state index contributed by atoms with van der Waals surface area (Å²) in [7, 11) is 0. The first-order chi connectivity index (χ1) is 16.4. The van der Waals surface area contributed by atoms with Gasteiger partial charge < -0.3 is 4.42 Å². The van der Waals surface area contributed by atoms with E-state index >= 15 is 0 Å². The van der Waals surface area contributed by atoms with Crippen LogP contribution in [0.3, 0.4) is 0 Å². The molecule has 0 atom stereocenters. The van der Waals surface area contributed by atoms with Crippen molar-refractivity contribution in [3.05, 3.63) is 115 Å². The third-order valence-corrected chi connectivity index (χ3v) is 6.51. The number of hydrogen-bond acceptors (Lipinski definition) is 2. The summed E-state index contributed by atoms with van der Waals surface area (Å²) in [5.41, 5.74) is 7.50. The Morgan fingerprint density at radius 3 is 2.30 bits per heavy atom. The number of pyridine rings is 1. The van der Waals surface area contributed by atoms with E-state index in [1.54, 1.807) is 0 Å². The first-order valence-electron chi connectivity index (χ1n) is 11.1. The molecule has 154 valence electrons. The Bertz CT molecular complexity index is 1810. The van der Waals surface area contributed by atoms with Gasteiger partial charge in [0.1, 0.15) is 11.2 Å². The van der Waals surface area contributed by atoms with E-state index in [-0.39, 0.29) is 0 Å². The number of hydrogen-bond donors (Lipinski definition) is 0. The van der Waals surface area contributed by atoms with Crippen molar-refractivity contribution >= 4 is 43.6 Å². The van der Waals surface area contributed by atoms with E-state index < -0.39 is 0 Å². The molecule has 2 heterocycles. The van der Waals surface area contributed by atoms with Crippen molar-refractivity contribution in [3.63, 3.8) is 0 Å². The average molecular weight is 421 g/mol. The van der Waals surface area contributed by atoms with Crippen LogP contribution in [-0.2, 0) is 0 Å². The molecule has 0 saturated heterocycles. The van der Waals surface area contributed by atoms with Crippen LogP contribution in [0.25, 0.3) is 65.9 Å². The van der Waals surface area contributed by atoms with Gasteiger partial charge in [0.05, 0.1) is 5.52 Å². The van der Waals surface area contributed by atoms with Gasteiger partial charge in [0, 0.05) is 33.3 Å². The molecule has 2 nitrogen and oxygen atoms in total. The lowest BCUT2D eigenvalue weighted by atomic mass is 9.95. The van der Waals surface area contributed by atoms with E-state index in [9.17, 15) is 0 Å². The molecule has 0 bridgehead atoms. The molecule has 5 aromatic carbocycles. The molecule has 7 rings (SSSR count). The zero-order valence-corrected chi connectivity index (χ0v) is 17.8. The molecule has 0 unspecified atom stereocenters. The van der Waals surface area contributed by atoms with Gasteiger partial charge in [-0.2, -0.15) is 0 Å². The van der Waals surface area contributed by atoms with E-state index in [0.29, 0.717) is 0 Å². The molecular formula is C31H19NO. The van der Waals surface area contributed by atoms with Crippen molar-refractivity contribution in [3.8, 4) is 22.3 Å². The van der Waals surface area contributed by atoms with Gasteiger partial charge in [0.25, 0.3) is 0 Å². The Morgan fingerprint density at radius 1 is 0.545 bits per heavy atom. The van der Waals surface area contributed by atoms with Crippen molar-refractivity contribution in [2.45, 2.75) is 0 Å². The van der Waals surface area contributed by atoms with E-state index in [1.165, 1.54) is 21.9 Å². The highest BCUT2D eigenvalue weighted by Crippen LogP contribution is 2.39. The molecule has 0 spiro atoms. The number of para-hydroxylation sites is 1. The summed E-state index contributed by atoms with van der Waals surface area (Å²) in [6, 6.07) is 38.2. The standard InChI is InChI=1S/C31H19NO/c1-2-7-20(8-3-1)25-12-5-13-26-27-19-23(16-17-28(27)33-31(25)26)24-11-4-9-21-14-15-22-10-6-18-32-30(22)29(21)24/h1-19H. The Morgan fingerprint density at radius 2 is 1.36 bits per heavy atom. The average Bonchev–Trinajstić information content (AvgIpc) is 3.27. The van der Waals surface area contributed by atoms with Crippen LogP contribution in [0.4, 0.5) is 0 Å². The summed E-state index contributed by atoms with van der Waals surface area (Å²) in [6.07, 6.45) is 1.87. The fourth-order valence-electron chi connectivity index (χ4n) is 4.97. The minimum atomic E-state index is 0.903. The van der Waals surface area contributed by atoms with Gasteiger partial charge in [0.15, 0.2) is 0 Å². The molecule has 33 heavy (non-hydrogen) atoms. The second kappa shape index (κ2) is 7.04. The molecule has 0 aliphatic rings. The topological polar surface area (TPSA) is 26.0 Å². The molecule has 0 saturated carbocycles. The summed E-state index contributed by atoms with van der Waals surface area (Å²) < 4.78 is 6.37. The minimum Gasteiger partial charge on any atom is -0.455 e. The summed E-state index contributed by atoms with van der Waals surface area (Å²) in [6.45, 7) is 0. The maximum absolute atomic E-state index is 6.37. The maximum Gasteiger partial charge on any atom is 0.143 e. The molecule has 2 heteroatoms. The van der Waals surface area contributed by atoms with Gasteiger partial charge in [-0.3, -0.25) is 4.98 Å². The summed E-state index contributed by atoms with van der Waals surface area (Å²) in [5, 5.41) is 5.80. The molecule has 0 N–H and O–H groups in total. The lowest BCUT2D eigenvalue weighted by Gasteiger charge is -2.10. The molecule has 0 aliphatic heterocycles. The SMILES string of the molecule is c1ccc(-c2cccc3c2oc2ccc(-c4cccc5ccc6cccnc6c45)cc23)cc1. The fraction of sp³-hybridized carbons (Fsp3) is 0. The molecule has 0 fully saturated rings. The van der Waals surface area contributed by atoms with Crippen LogP contribution >= 0.6 is 0 Å². The van der Waals surface area contributed by atoms with Gasteiger partial charge in [-0.15, -0.1) is 0 Å². The fourth-order valence-corrected chi connectivity index (χ4v) is 4.97. The Kier molecular flexibility index (Phi) is 3.88. The normalized spacial score (nSPS) is 11.6. The summed E-state index contributed by atoms with van der Waals surface area (Å²) in [5.74, 6) is 0. The zero-order valence-electron chi connectivity index (χ0n) is 17.8. The van der Waals surface area contributed by atoms with Crippen molar-refractivity contribution in [1.29, 1.82) is 0 Å². The monoisotopic (exact) mass is 421 g/mol. The largest absolute Gasteiger partial charge is 0.455 e. The number of fused-ring (bicyclic) bond motifs is 6. The highest BCUT2D eigenvalue weighted by molar-refractivity contribution is 6.15. The van der Waals surface area contributed by atoms with Crippen molar-refractivity contribution < 1.29 is 4.42 Å². The third kappa shape index (κ3) is 2.78. The Labute approximate surface area is 190 Å². The Hall–Kier alpha value is -4.43. The maximum atomic E-state index is 6.37. The van der Waals surface area contributed by atoms with Gasteiger partial charge in [-0.1, -0.05) is 91.0 Å². The van der Waals surface area contributed by atoms with Crippen molar-refractivity contribution in [1.82, 2.24) is 4.98 Å². The van der Waals surface area contributed by atoms with E-state index in [0.717, 1.165) is 44.0 Å². The molecular weight excluding hydrogens is 402 g/mol. The predicted molar refractivity (Wildman–Crippen MR) is 137 cm³/mol. The highest BCUT2D eigenvalue weighted by Gasteiger charge is 2.14. The van der Waals surface area contributed by atoms with Crippen molar-refractivity contribution in [2.75, 3.05) is 0 Å². The quantitative estimate of drug-likeness (QED) is 0.261. The first-order valence-corrected chi connectivity index (χ1v) is 11.1. The predicted octanol–water partition coefficient (Wildman–Crippen LogP) is 8.62. The van der Waals surface area contributed by atoms with Gasteiger partial charge >= 0.3 is 0 Å². The highest BCUT2D eigenvalue weighted by atomic mass is 16.3. The number of furan rings is 1. The van der Waals surface area contributed by atoms with Gasteiger partial charge in [-0.25, -0.2) is 0 Å². The van der Waals surface area contributed by atoms with Crippen LogP contribution in [0.1, 0.15) is 0 Å². The van der Waals surface area contributed by atoms with E-state index in [1.807, 2.05) is 18.3 Å². The molecule has 0 amide bonds. The van der Waals surface area contributed by atoms with Crippen LogP contribution in [0.5, 0.6) is 0 Å². The molecule has 7 aromatic rings. The van der Waals surface area contributed by atoms with Crippen LogP contribution in [0.2, 0.25) is 0 Å². The third-order valence-electron chi connectivity index (χ3n) is 6.51. The van der Waals surface area contributed by atoms with Crippen LogP contribution in [0.15, 0.2) is 120 Å². The lowest BCUT2D eigenvalue weighted by molar-refractivity contribution is 0.670. The zero-order chi connectivity index (χ0) is 21.8. The molecule has 2 aromatic heterocycles. The summed E-state index contributed by atoms with van der Waals surface area (Å²) >= 11 is 0. The molecule has 0 aliphatic carbocycles. The second-order valence-electron chi connectivity index (χ2n) is 8.41. The van der Waals surface area contributed by atoms with E-state index in [4.69, 9.17) is 9.40 Å². The number of rotatable bonds is 2. The van der Waals surface area contributed by atoms with Crippen LogP contribution < -0.4 is 0 Å². The second-order valence-corrected chi connectivity index (χ2v) is 8.41. The van der Waals surface area contributed by atoms with E-state index in [2.05, 4.69) is 97.1 Å². The van der Waals surface area contributed by atoms with Crippen LogP contribution in [0, 0.1) is 0 Å². The number of benzene rings is 5. The smallest absolute Gasteiger partial charge is 0.143 e. The minimum absolute atomic E-state index is 0.903. The summed E-state index contributed by atoms with van der Waals surface area (Å²) in [4.78, 5) is 4.72. The van der Waals surface area contributed by atoms with Crippen molar-refractivity contribution in [2.24, 2.45) is 0 Å². The van der Waals surface area contributed by atoms with Crippen LogP contribution in [-0.4, -0.2) is 4.98 Å². The van der Waals surface area contributed by atoms with Gasteiger partial charge in [-0.05, 0) is 40.3 Å².